The molecule has 4 aromatic rings. The molecule has 4 aliphatic rings. The van der Waals surface area contributed by atoms with Crippen molar-refractivity contribution in [3.63, 3.8) is 0 Å². The van der Waals surface area contributed by atoms with Gasteiger partial charge in [0.05, 0.1) is 40.1 Å². The van der Waals surface area contributed by atoms with Crippen LogP contribution in [-0.2, 0) is 47.6 Å². The number of carbonyl (C=O) groups excluding carboxylic acids is 7. The van der Waals surface area contributed by atoms with Gasteiger partial charge in [0.2, 0.25) is 0 Å². The third-order valence-electron chi connectivity index (χ3n) is 14.7. The van der Waals surface area contributed by atoms with E-state index >= 15 is 4.79 Å². The fraction of sp³-hybridized carbons (Fsp3) is 0.396. The van der Waals surface area contributed by atoms with Crippen LogP contribution < -0.4 is 5.32 Å². The Morgan fingerprint density at radius 1 is 0.806 bits per heavy atom. The number of nitrogens with one attached hydrogen (secondary N) is 1. The molecule has 1 saturated heterocycles. The SMILES string of the molecule is CC(=O)O[C@H]1C(=O)[C@]2(C)[C@@H](OC(=O)c3cnc(Cl)c(Cl)c3)C[C@H]3OC[C@@]3(OC(C)=O)[C@H]2[C@H](OC(=O)c2ccccc2)[C@]2(O)C[C@H](OC(=O)[C@H](O)[C@@H](NC(=O)c3ccccc3)c3ccccc3)C(C)=C1C2(C)C. The van der Waals surface area contributed by atoms with Gasteiger partial charge in [0.15, 0.2) is 23.6 Å². The van der Waals surface area contributed by atoms with Gasteiger partial charge in [-0.2, -0.15) is 0 Å². The molecule has 2 heterocycles. The van der Waals surface area contributed by atoms with Crippen LogP contribution in [0.15, 0.2) is 114 Å². The highest BCUT2D eigenvalue weighted by Gasteiger charge is 2.79. The van der Waals surface area contributed by atoms with Gasteiger partial charge in [0.1, 0.15) is 35.2 Å². The molecule has 2 bridgehead atoms. The lowest BCUT2D eigenvalue weighted by molar-refractivity contribution is -0.345. The Morgan fingerprint density at radius 2 is 1.40 bits per heavy atom. The highest BCUT2D eigenvalue weighted by molar-refractivity contribution is 6.41. The number of hydrogen-bond acceptors (Lipinski definition) is 16. The number of Topliss-reactive ketones (excluding diaryl/α,β-unsaturated/α-hetero) is 1. The van der Waals surface area contributed by atoms with Crippen LogP contribution >= 0.6 is 23.2 Å². The predicted molar refractivity (Wildman–Crippen MR) is 255 cm³/mol. The summed E-state index contributed by atoms with van der Waals surface area (Å²) in [6, 6.07) is 23.8. The number of rotatable bonds is 12. The molecular weight excluding hydrogens is 975 g/mol. The monoisotopic (exact) mass is 1030 g/mol. The second-order valence-corrected chi connectivity index (χ2v) is 20.0. The number of benzene rings is 3. The minimum Gasteiger partial charge on any atom is -0.458 e. The van der Waals surface area contributed by atoms with Crippen molar-refractivity contribution in [1.29, 1.82) is 0 Å². The van der Waals surface area contributed by atoms with E-state index in [2.05, 4.69) is 10.3 Å². The Balaban J connectivity index is 1.31. The molecule has 1 amide bonds. The molecule has 3 N–H and O–H groups in total. The third kappa shape index (κ3) is 9.06. The number of aliphatic hydroxyl groups excluding tert-OH is 1. The molecule has 19 heteroatoms. The predicted octanol–water partition coefficient (Wildman–Crippen LogP) is 6.30. The van der Waals surface area contributed by atoms with Crippen molar-refractivity contribution < 1.29 is 72.2 Å². The molecule has 3 aliphatic carbocycles. The van der Waals surface area contributed by atoms with Crippen molar-refractivity contribution in [2.45, 2.75) is 108 Å². The van der Waals surface area contributed by atoms with E-state index in [4.69, 9.17) is 51.6 Å². The Bertz CT molecular complexity index is 2850. The van der Waals surface area contributed by atoms with Gasteiger partial charge in [0, 0.05) is 43.9 Å². The van der Waals surface area contributed by atoms with Crippen LogP contribution in [-0.4, -0.2) is 111 Å². The molecular formula is C53H52Cl2N2O15. The second kappa shape index (κ2) is 19.8. The number of fused-ring (bicyclic) bond motifs is 5. The number of aliphatic hydroxyl groups is 2. The maximum absolute atomic E-state index is 16.2. The van der Waals surface area contributed by atoms with Gasteiger partial charge < -0.3 is 44.0 Å². The summed E-state index contributed by atoms with van der Waals surface area (Å²) in [5, 5.41) is 28.5. The van der Waals surface area contributed by atoms with Gasteiger partial charge in [-0.1, -0.05) is 104 Å². The zero-order valence-corrected chi connectivity index (χ0v) is 41.5. The summed E-state index contributed by atoms with van der Waals surface area (Å²) in [5.41, 5.74) is -7.98. The van der Waals surface area contributed by atoms with E-state index in [1.807, 2.05) is 0 Å². The molecule has 72 heavy (non-hydrogen) atoms. The van der Waals surface area contributed by atoms with Crippen molar-refractivity contribution in [2.75, 3.05) is 6.61 Å². The average molecular weight is 1030 g/mol. The minimum atomic E-state index is -2.51. The standard InChI is InChI=1S/C53H52Cl2N2O15/c1-27-35(69-49(65)40(60)39(30-16-10-7-11-17-30)57-46(62)31-18-12-8-13-19-31)24-53(66)44(71-47(63)32-20-14-9-15-21-32)42-51(6,43(61)41(68-28(2)58)38(27)50(53,4)5)36(23-37-52(42,26-67-37)72-29(3)59)70-48(64)33-22-34(54)45(55)56-25-33/h7-22,25,35-37,39-42,44,60,66H,23-24,26H2,1-6H3,(H,57,62)/t35-,36-,37+,39-,40+,41+,42-,44-,51+,52-,53+/m0/s1. The van der Waals surface area contributed by atoms with E-state index < -0.39 is 125 Å². The summed E-state index contributed by atoms with van der Waals surface area (Å²) in [6.45, 7) is 7.72. The summed E-state index contributed by atoms with van der Waals surface area (Å²) in [5.74, 6) is -8.36. The largest absolute Gasteiger partial charge is 0.458 e. The zero-order valence-electron chi connectivity index (χ0n) is 40.0. The molecule has 3 aromatic carbocycles. The number of ketones is 1. The number of ether oxygens (including phenoxy) is 6. The van der Waals surface area contributed by atoms with Crippen molar-refractivity contribution in [3.05, 3.63) is 147 Å². The highest BCUT2D eigenvalue weighted by Crippen LogP contribution is 2.65. The van der Waals surface area contributed by atoms with Crippen molar-refractivity contribution in [1.82, 2.24) is 10.3 Å². The van der Waals surface area contributed by atoms with Gasteiger partial charge in [-0.3, -0.25) is 19.2 Å². The zero-order chi connectivity index (χ0) is 52.1. The first-order valence-electron chi connectivity index (χ1n) is 23.1. The Labute approximate surface area is 424 Å². The Hall–Kier alpha value is -6.50. The normalized spacial score (nSPS) is 28.9. The molecule has 1 aliphatic heterocycles. The highest BCUT2D eigenvalue weighted by atomic mass is 35.5. The fourth-order valence-electron chi connectivity index (χ4n) is 11.1. The number of hydrogen-bond donors (Lipinski definition) is 3. The number of aromatic nitrogens is 1. The molecule has 2 saturated carbocycles. The molecule has 11 atom stereocenters. The summed E-state index contributed by atoms with van der Waals surface area (Å²) < 4.78 is 37.2. The molecule has 3 fully saturated rings. The Morgan fingerprint density at radius 3 is 1.97 bits per heavy atom. The third-order valence-corrected chi connectivity index (χ3v) is 15.4. The van der Waals surface area contributed by atoms with E-state index in [0.29, 0.717) is 5.56 Å². The first kappa shape index (κ1) is 51.8. The van der Waals surface area contributed by atoms with Gasteiger partial charge in [-0.15, -0.1) is 0 Å². The summed E-state index contributed by atoms with van der Waals surface area (Å²) in [7, 11) is 0. The second-order valence-electron chi connectivity index (χ2n) is 19.2. The van der Waals surface area contributed by atoms with Crippen LogP contribution in [0.4, 0.5) is 0 Å². The number of halogens is 2. The van der Waals surface area contributed by atoms with E-state index in [9.17, 15) is 39.0 Å². The summed E-state index contributed by atoms with van der Waals surface area (Å²) in [4.78, 5) is 104. The van der Waals surface area contributed by atoms with Gasteiger partial charge in [-0.05, 0) is 60.9 Å². The summed E-state index contributed by atoms with van der Waals surface area (Å²) in [6.07, 6.45) is -10.1. The van der Waals surface area contributed by atoms with Crippen LogP contribution in [0.5, 0.6) is 0 Å². The maximum atomic E-state index is 16.2. The molecule has 1 aromatic heterocycles. The molecule has 378 valence electrons. The molecule has 17 nitrogen and oxygen atoms in total. The van der Waals surface area contributed by atoms with Crippen LogP contribution in [0.3, 0.4) is 0 Å². The lowest BCUT2D eigenvalue weighted by Crippen LogP contribution is -2.82. The first-order valence-corrected chi connectivity index (χ1v) is 23.8. The average Bonchev–Trinajstić information content (AvgIpc) is 3.34. The van der Waals surface area contributed by atoms with E-state index in [-0.39, 0.29) is 44.4 Å². The first-order chi connectivity index (χ1) is 34.0. The van der Waals surface area contributed by atoms with Crippen LogP contribution in [0.2, 0.25) is 10.2 Å². The molecule has 0 unspecified atom stereocenters. The van der Waals surface area contributed by atoms with E-state index in [1.54, 1.807) is 78.9 Å². The van der Waals surface area contributed by atoms with Crippen molar-refractivity contribution in [2.24, 2.45) is 16.7 Å². The quantitative estimate of drug-likeness (QED) is 0.0610. The van der Waals surface area contributed by atoms with Gasteiger partial charge >= 0.3 is 29.8 Å². The van der Waals surface area contributed by atoms with Crippen LogP contribution in [0.25, 0.3) is 0 Å². The van der Waals surface area contributed by atoms with Crippen molar-refractivity contribution in [3.8, 4) is 0 Å². The number of amides is 1. The Kier molecular flexibility index (Phi) is 14.3. The number of nitrogens with zero attached hydrogens (tertiary/aromatic N) is 1. The van der Waals surface area contributed by atoms with Gasteiger partial charge in [-0.25, -0.2) is 19.4 Å². The fourth-order valence-corrected chi connectivity index (χ4v) is 11.3. The molecule has 8 rings (SSSR count). The van der Waals surface area contributed by atoms with Crippen LogP contribution in [0.1, 0.15) is 97.1 Å². The molecule has 0 radical (unpaired) electrons. The van der Waals surface area contributed by atoms with Crippen molar-refractivity contribution >= 4 is 64.7 Å². The summed E-state index contributed by atoms with van der Waals surface area (Å²) >= 11 is 12.3. The maximum Gasteiger partial charge on any atom is 0.340 e. The van der Waals surface area contributed by atoms with Crippen LogP contribution in [0, 0.1) is 16.7 Å². The van der Waals surface area contributed by atoms with Gasteiger partial charge in [0.25, 0.3) is 5.91 Å². The number of esters is 5. The number of pyridine rings is 1. The smallest absolute Gasteiger partial charge is 0.340 e. The number of carbonyl (C=O) groups is 7. The lowest BCUT2D eigenvalue weighted by atomic mass is 9.44. The van der Waals surface area contributed by atoms with E-state index in [0.717, 1.165) is 20.0 Å². The van der Waals surface area contributed by atoms with E-state index in [1.165, 1.54) is 45.9 Å². The molecule has 0 spiro atoms. The lowest BCUT2D eigenvalue weighted by Gasteiger charge is -2.67. The minimum absolute atomic E-state index is 0.0130. The topological polar surface area (TPSA) is 240 Å².